The van der Waals surface area contributed by atoms with Crippen molar-refractivity contribution in [3.05, 3.63) is 168 Å². The molecule has 1 aliphatic rings. The molecule has 7 nitrogen and oxygen atoms in total. The van der Waals surface area contributed by atoms with E-state index in [2.05, 4.69) is 50.2 Å². The van der Waals surface area contributed by atoms with Crippen molar-refractivity contribution in [1.29, 1.82) is 0 Å². The van der Waals surface area contributed by atoms with Crippen LogP contribution in [0, 0.1) is 0 Å². The number of benzene rings is 5. The number of rotatable bonds is 10. The fraction of sp³-hybridized carbons (Fsp3) is 0.186. The van der Waals surface area contributed by atoms with Crippen molar-refractivity contribution < 1.29 is 19.0 Å². The first-order chi connectivity index (χ1) is 24.9. The van der Waals surface area contributed by atoms with Gasteiger partial charge in [0, 0.05) is 5.56 Å². The minimum atomic E-state index is -0.738. The summed E-state index contributed by atoms with van der Waals surface area (Å²) >= 11 is 1.28. The molecule has 0 saturated heterocycles. The topological polar surface area (TPSA) is 79.1 Å². The van der Waals surface area contributed by atoms with E-state index in [1.165, 1.54) is 11.3 Å². The summed E-state index contributed by atoms with van der Waals surface area (Å²) < 4.78 is 19.7. The third-order valence-corrected chi connectivity index (χ3v) is 10.0. The molecule has 0 unspecified atom stereocenters. The average molecular weight is 695 g/mol. The molecular weight excluding hydrogens is 657 g/mol. The lowest BCUT2D eigenvalue weighted by molar-refractivity contribution is -0.138. The lowest BCUT2D eigenvalue weighted by Crippen LogP contribution is -2.40. The van der Waals surface area contributed by atoms with Crippen molar-refractivity contribution in [2.24, 2.45) is 4.99 Å². The first-order valence-electron chi connectivity index (χ1n) is 17.0. The Morgan fingerprint density at radius 3 is 2.39 bits per heavy atom. The molecule has 0 fully saturated rings. The van der Waals surface area contributed by atoms with E-state index in [1.807, 2.05) is 84.9 Å². The molecule has 7 rings (SSSR count). The van der Waals surface area contributed by atoms with Crippen LogP contribution in [-0.4, -0.2) is 24.3 Å². The number of carbonyl (C=O) groups excluding carboxylic acids is 1. The number of hydrogen-bond acceptors (Lipinski definition) is 7. The third-order valence-electron chi connectivity index (χ3n) is 9.04. The Labute approximate surface area is 300 Å². The molecule has 0 radical (unpaired) electrons. The zero-order valence-electron chi connectivity index (χ0n) is 29.0. The summed E-state index contributed by atoms with van der Waals surface area (Å²) in [6.45, 7) is 6.61. The van der Waals surface area contributed by atoms with Gasteiger partial charge >= 0.3 is 5.97 Å². The summed E-state index contributed by atoms with van der Waals surface area (Å²) in [5, 5.41) is 2.30. The highest BCUT2D eigenvalue weighted by atomic mass is 32.1. The van der Waals surface area contributed by atoms with E-state index in [0.29, 0.717) is 44.6 Å². The van der Waals surface area contributed by atoms with Gasteiger partial charge in [-0.15, -0.1) is 0 Å². The summed E-state index contributed by atoms with van der Waals surface area (Å²) in [5.74, 6) is 0.973. The van der Waals surface area contributed by atoms with Gasteiger partial charge in [0.1, 0.15) is 6.61 Å². The molecule has 1 aliphatic heterocycles. The zero-order chi connectivity index (χ0) is 35.5. The van der Waals surface area contributed by atoms with E-state index in [9.17, 15) is 9.59 Å². The summed E-state index contributed by atoms with van der Waals surface area (Å²) in [4.78, 5) is 33.6. The Kier molecular flexibility index (Phi) is 9.68. The maximum atomic E-state index is 14.4. The number of carbonyl (C=O) groups is 1. The molecule has 0 bridgehead atoms. The van der Waals surface area contributed by atoms with Crippen LogP contribution in [0.5, 0.6) is 11.5 Å². The molecule has 2 heterocycles. The summed E-state index contributed by atoms with van der Waals surface area (Å²) in [5.41, 5.74) is 5.14. The second kappa shape index (κ2) is 14.6. The summed E-state index contributed by atoms with van der Waals surface area (Å²) in [6, 6.07) is 36.9. The molecule has 0 amide bonds. The number of ether oxygens (including phenoxy) is 3. The van der Waals surface area contributed by atoms with Crippen molar-refractivity contribution in [1.82, 2.24) is 4.57 Å². The van der Waals surface area contributed by atoms with Gasteiger partial charge in [0.05, 0.1) is 35.6 Å². The van der Waals surface area contributed by atoms with Crippen LogP contribution in [0.4, 0.5) is 0 Å². The van der Waals surface area contributed by atoms with Gasteiger partial charge in [-0.3, -0.25) is 9.36 Å². The largest absolute Gasteiger partial charge is 0.493 e. The molecule has 256 valence electrons. The molecule has 0 aliphatic carbocycles. The first-order valence-corrected chi connectivity index (χ1v) is 17.8. The summed E-state index contributed by atoms with van der Waals surface area (Å²) in [6.07, 6.45) is 1.83. The van der Waals surface area contributed by atoms with Gasteiger partial charge < -0.3 is 14.2 Å². The van der Waals surface area contributed by atoms with Crippen LogP contribution in [0.25, 0.3) is 22.5 Å². The standard InChI is InChI=1S/C43H38N2O5S/c1-5-49-42(47)38-39(31-13-7-6-8-14-31)44-43-45(40(38)32-21-19-29(20-22-32)27(2)3)41(46)37(51-43)25-28-18-23-35(36(24-28)48-4)50-26-33-16-11-15-30-12-9-10-17-34(30)33/h6-25,27,40H,5,26H2,1-4H3/b37-25-/t40-/m1/s1. The second-order valence-electron chi connectivity index (χ2n) is 12.6. The van der Waals surface area contributed by atoms with E-state index in [1.54, 1.807) is 18.6 Å². The Morgan fingerprint density at radius 2 is 1.65 bits per heavy atom. The number of methoxy groups -OCH3 is 1. The lowest BCUT2D eigenvalue weighted by Gasteiger charge is -2.26. The highest BCUT2D eigenvalue weighted by Gasteiger charge is 2.35. The smallest absolute Gasteiger partial charge is 0.338 e. The fourth-order valence-corrected chi connectivity index (χ4v) is 7.44. The van der Waals surface area contributed by atoms with Crippen LogP contribution in [0.1, 0.15) is 60.5 Å². The Balaban J connectivity index is 1.31. The van der Waals surface area contributed by atoms with Crippen LogP contribution < -0.4 is 24.4 Å². The molecule has 0 N–H and O–H groups in total. The predicted molar refractivity (Wildman–Crippen MR) is 203 cm³/mol. The fourth-order valence-electron chi connectivity index (χ4n) is 6.44. The predicted octanol–water partition coefficient (Wildman–Crippen LogP) is 7.80. The van der Waals surface area contributed by atoms with Crippen molar-refractivity contribution in [3.8, 4) is 11.5 Å². The van der Waals surface area contributed by atoms with Gasteiger partial charge in [-0.25, -0.2) is 9.79 Å². The Morgan fingerprint density at radius 1 is 0.902 bits per heavy atom. The average Bonchev–Trinajstić information content (AvgIpc) is 3.47. The number of hydrogen-bond donors (Lipinski definition) is 0. The number of aromatic nitrogens is 1. The Hall–Kier alpha value is -5.73. The minimum Gasteiger partial charge on any atom is -0.493 e. The van der Waals surface area contributed by atoms with E-state index in [-0.39, 0.29) is 12.2 Å². The quantitative estimate of drug-likeness (QED) is 0.137. The minimum absolute atomic E-state index is 0.192. The van der Waals surface area contributed by atoms with Gasteiger partial charge in [-0.05, 0) is 64.1 Å². The SMILES string of the molecule is CCOC(=O)C1=C(c2ccccc2)N=c2s/c(=C\c3ccc(OCc4cccc5ccccc45)c(OC)c3)c(=O)n2[C@@H]1c1ccc(C(C)C)cc1. The molecular formula is C43H38N2O5S. The van der Waals surface area contributed by atoms with Gasteiger partial charge in [-0.2, -0.15) is 0 Å². The van der Waals surface area contributed by atoms with Crippen LogP contribution >= 0.6 is 11.3 Å². The first kappa shape index (κ1) is 33.8. The lowest BCUT2D eigenvalue weighted by atomic mass is 9.91. The van der Waals surface area contributed by atoms with Gasteiger partial charge in [0.25, 0.3) is 5.56 Å². The highest BCUT2D eigenvalue weighted by Crippen LogP contribution is 2.36. The molecule has 0 saturated carbocycles. The van der Waals surface area contributed by atoms with Crippen LogP contribution in [0.3, 0.4) is 0 Å². The molecule has 8 heteroatoms. The number of thiazole rings is 1. The molecule has 6 aromatic rings. The maximum Gasteiger partial charge on any atom is 0.338 e. The molecule has 1 atom stereocenters. The van der Waals surface area contributed by atoms with Crippen LogP contribution in [0.2, 0.25) is 0 Å². The van der Waals surface area contributed by atoms with Crippen molar-refractivity contribution in [3.63, 3.8) is 0 Å². The van der Waals surface area contributed by atoms with Crippen LogP contribution in [-0.2, 0) is 16.1 Å². The Bertz CT molecular complexity index is 2440. The van der Waals surface area contributed by atoms with Gasteiger partial charge in [-0.1, -0.05) is 128 Å². The van der Waals surface area contributed by atoms with Crippen molar-refractivity contribution in [2.45, 2.75) is 39.3 Å². The van der Waals surface area contributed by atoms with Crippen molar-refractivity contribution in [2.75, 3.05) is 13.7 Å². The van der Waals surface area contributed by atoms with E-state index in [4.69, 9.17) is 19.2 Å². The number of esters is 1. The number of nitrogens with zero attached hydrogens (tertiary/aromatic N) is 2. The molecule has 1 aromatic heterocycles. The zero-order valence-corrected chi connectivity index (χ0v) is 29.8. The molecule has 0 spiro atoms. The highest BCUT2D eigenvalue weighted by molar-refractivity contribution is 7.07. The third kappa shape index (κ3) is 6.75. The molecule has 51 heavy (non-hydrogen) atoms. The second-order valence-corrected chi connectivity index (χ2v) is 13.6. The van der Waals surface area contributed by atoms with Gasteiger partial charge in [0.2, 0.25) is 0 Å². The van der Waals surface area contributed by atoms with Gasteiger partial charge in [0.15, 0.2) is 16.3 Å². The van der Waals surface area contributed by atoms with Crippen LogP contribution in [0.15, 0.2) is 131 Å². The van der Waals surface area contributed by atoms with Crippen molar-refractivity contribution >= 4 is 39.9 Å². The monoisotopic (exact) mass is 694 g/mol. The van der Waals surface area contributed by atoms with E-state index in [0.717, 1.165) is 38.6 Å². The van der Waals surface area contributed by atoms with E-state index >= 15 is 0 Å². The van der Waals surface area contributed by atoms with E-state index < -0.39 is 12.0 Å². The maximum absolute atomic E-state index is 14.4. The molecule has 5 aromatic carbocycles. The summed E-state index contributed by atoms with van der Waals surface area (Å²) in [7, 11) is 1.60. The normalized spacial score (nSPS) is 14.4. The number of fused-ring (bicyclic) bond motifs is 2.